The summed E-state index contributed by atoms with van der Waals surface area (Å²) in [5.74, 6) is -15.3. The van der Waals surface area contributed by atoms with Gasteiger partial charge in [0.15, 0.2) is 0 Å². The van der Waals surface area contributed by atoms with Gasteiger partial charge >= 0.3 is 11.9 Å². The van der Waals surface area contributed by atoms with E-state index in [-0.39, 0.29) is 42.8 Å². The minimum absolute atomic E-state index is 0.00787. The molecule has 0 bridgehead atoms. The van der Waals surface area contributed by atoms with Crippen LogP contribution in [0, 0.1) is 5.82 Å². The summed E-state index contributed by atoms with van der Waals surface area (Å²) in [6, 6.07) is 12.2. The lowest BCUT2D eigenvalue weighted by Gasteiger charge is -2.34. The summed E-state index contributed by atoms with van der Waals surface area (Å²) in [5, 5.41) is 65.3. The van der Waals surface area contributed by atoms with E-state index < -0.39 is 188 Å². The SMILES string of the molecule is CCc1cc(OC)ccc1-c1ccc(C[C@H](NC(=O)[C@H](CC(=O)O)NC(=O)[C@H](CO)NC(=O)[C@@H](NC(=O)[C@](C)(Cc2ccccc2F)NC(=O)[C@H]2CSSCC[C@H](NC(=O)[C@@H](N)Cc3cnc[nH]3)C(=O)N[C@@H](CCC(=O)O)C(=O)NCC(=O)N2)[C@@H](C)O)C(=O)N[C@@H](CCCc2ccccc2)C(N)=O)cc1. The molecule has 1 fully saturated rings. The number of nitrogens with two attached hydrogens (primary N) is 2. The highest BCUT2D eigenvalue weighted by molar-refractivity contribution is 8.76. The lowest BCUT2D eigenvalue weighted by atomic mass is 9.90. The quantitative estimate of drug-likeness (QED) is 0.0217. The fourth-order valence-electron chi connectivity index (χ4n) is 11.0. The molecule has 35 heteroatoms. The van der Waals surface area contributed by atoms with Gasteiger partial charge in [-0.1, -0.05) is 107 Å². The van der Waals surface area contributed by atoms with Crippen molar-refractivity contribution in [3.05, 3.63) is 143 Å². The Bertz CT molecular complexity index is 3860. The zero-order valence-electron chi connectivity index (χ0n) is 58.1. The van der Waals surface area contributed by atoms with Crippen LogP contribution >= 0.6 is 21.6 Å². The third kappa shape index (κ3) is 26.3. The summed E-state index contributed by atoms with van der Waals surface area (Å²) in [4.78, 5) is 184. The molecular weight excluding hydrogens is 1410 g/mol. The van der Waals surface area contributed by atoms with Gasteiger partial charge in [-0.25, -0.2) is 9.37 Å². The van der Waals surface area contributed by atoms with Crippen LogP contribution in [0.5, 0.6) is 5.75 Å². The Balaban J connectivity index is 1.20. The number of carboxylic acids is 2. The smallest absolute Gasteiger partial charge is 0.305 e. The molecule has 105 heavy (non-hydrogen) atoms. The maximum absolute atomic E-state index is 15.6. The molecule has 0 radical (unpaired) electrons. The van der Waals surface area contributed by atoms with E-state index in [4.69, 9.17) is 16.2 Å². The number of amides is 11. The Morgan fingerprint density at radius 1 is 0.762 bits per heavy atom. The number of imidazole rings is 1. The van der Waals surface area contributed by atoms with Crippen LogP contribution in [-0.4, -0.2) is 205 Å². The van der Waals surface area contributed by atoms with Crippen LogP contribution in [0.25, 0.3) is 11.1 Å². The first-order valence-electron chi connectivity index (χ1n) is 33.6. The van der Waals surface area contributed by atoms with Gasteiger partial charge < -0.3 is 94.8 Å². The van der Waals surface area contributed by atoms with Crippen LogP contribution in [0.3, 0.4) is 0 Å². The lowest BCUT2D eigenvalue weighted by molar-refractivity contribution is -0.142. The van der Waals surface area contributed by atoms with Gasteiger partial charge in [0.25, 0.3) is 0 Å². The second-order valence-corrected chi connectivity index (χ2v) is 27.7. The van der Waals surface area contributed by atoms with Crippen LogP contribution in [0.2, 0.25) is 0 Å². The van der Waals surface area contributed by atoms with Crippen molar-refractivity contribution in [1.29, 1.82) is 0 Å². The number of methoxy groups -OCH3 is 1. The Morgan fingerprint density at radius 3 is 2.07 bits per heavy atom. The number of aromatic nitrogens is 2. The molecule has 566 valence electrons. The molecule has 32 nitrogen and oxygen atoms in total. The highest BCUT2D eigenvalue weighted by Gasteiger charge is 2.42. The molecule has 1 aromatic heterocycles. The van der Waals surface area contributed by atoms with E-state index in [0.29, 0.717) is 36.3 Å². The van der Waals surface area contributed by atoms with E-state index in [1.54, 1.807) is 37.4 Å². The average molecular weight is 1500 g/mol. The van der Waals surface area contributed by atoms with E-state index in [1.807, 2.05) is 49.4 Å². The molecule has 1 saturated heterocycles. The van der Waals surface area contributed by atoms with Gasteiger partial charge in [-0.15, -0.1) is 0 Å². The molecule has 1 aliphatic heterocycles. The number of carbonyl (C=O) groups excluding carboxylic acids is 11. The van der Waals surface area contributed by atoms with Crippen molar-refractivity contribution in [2.75, 3.05) is 31.8 Å². The fraction of sp³-hybridized carbons (Fsp3) is 0.429. The van der Waals surface area contributed by atoms with E-state index in [1.165, 1.54) is 30.7 Å². The van der Waals surface area contributed by atoms with Crippen molar-refractivity contribution < 1.29 is 91.9 Å². The predicted octanol–water partition coefficient (Wildman–Crippen LogP) is -0.983. The number of aliphatic carboxylic acids is 2. The Morgan fingerprint density at radius 2 is 1.43 bits per heavy atom. The number of halogens is 1. The van der Waals surface area contributed by atoms with Gasteiger partial charge in [0.05, 0.1) is 45.2 Å². The second kappa shape index (κ2) is 41.1. The Labute approximate surface area is 611 Å². The number of aliphatic hydroxyl groups excluding tert-OH is 2. The summed E-state index contributed by atoms with van der Waals surface area (Å²) >= 11 is 0. The normalized spacial score (nSPS) is 17.6. The lowest BCUT2D eigenvalue weighted by Crippen LogP contribution is -2.66. The highest BCUT2D eigenvalue weighted by atomic mass is 33.1. The standard InChI is InChI=1S/C70H89FN14O18S2/c1-5-41-29-45(103-4)22-23-46(41)42-20-18-40(19-21-42)28-52(64(97)78-49(60(73)93)17-11-14-39-12-7-6-8-13-39)81-65(98)53(31-58(91)92)82-66(99)54(35-86)83-68(101)59(38(2)87)84-69(102)70(3,32-43-15-9-10-16-47(43)71)85-67(100)55-36-105-104-27-26-51(79-61(94)48(72)30-44-33-74-37-76-44)63(96)80-50(24-25-57(89)90)62(95)75-34-56(88)77-55/h6-10,12-13,15-16,18-23,29,33,37-38,48-55,59,86-87H,5,11,14,17,24-28,30-32,34-36,72H2,1-4H3,(H2,73,93)(H,74,76)(H,75,95)(H,77,88)(H,78,97)(H,79,94)(H,80,96)(H,81,98)(H,82,99)(H,83,101)(H,84,102)(H,85,100)(H,89,90)(H,91,92)/t38-,48+,49+,50+,51+,52+,53+,54+,55-,59+,70+/m1/s1. The molecule has 1 aliphatic rings. The molecule has 11 atom stereocenters. The van der Waals surface area contributed by atoms with E-state index in [0.717, 1.165) is 63.8 Å². The zero-order valence-corrected chi connectivity index (χ0v) is 59.7. The first-order chi connectivity index (χ1) is 50.0. The number of carbonyl (C=O) groups is 13. The highest BCUT2D eigenvalue weighted by Crippen LogP contribution is 2.29. The summed E-state index contributed by atoms with van der Waals surface area (Å²) in [7, 11) is 3.59. The summed E-state index contributed by atoms with van der Waals surface area (Å²) in [6.07, 6.45) is -0.704. The number of nitrogens with zero attached hydrogens (tertiary/aromatic N) is 1. The largest absolute Gasteiger partial charge is 0.497 e. The van der Waals surface area contributed by atoms with Crippen LogP contribution in [0.15, 0.2) is 110 Å². The minimum atomic E-state index is -2.34. The van der Waals surface area contributed by atoms with Crippen LogP contribution in [0.1, 0.15) is 87.2 Å². The number of rotatable bonds is 35. The second-order valence-electron chi connectivity index (χ2n) is 25.0. The summed E-state index contributed by atoms with van der Waals surface area (Å²) in [5.41, 5.74) is 14.0. The minimum Gasteiger partial charge on any atom is -0.497 e. The summed E-state index contributed by atoms with van der Waals surface area (Å²) < 4.78 is 21.0. The molecule has 11 amide bonds. The third-order valence-corrected chi connectivity index (χ3v) is 19.3. The Hall–Kier alpha value is -10.5. The third-order valence-electron chi connectivity index (χ3n) is 16.9. The van der Waals surface area contributed by atoms with E-state index in [2.05, 4.69) is 63.1 Å². The maximum Gasteiger partial charge on any atom is 0.305 e. The van der Waals surface area contributed by atoms with Crippen molar-refractivity contribution in [3.63, 3.8) is 0 Å². The van der Waals surface area contributed by atoms with Crippen molar-refractivity contribution >= 4 is 98.5 Å². The molecule has 2 heterocycles. The van der Waals surface area contributed by atoms with Gasteiger partial charge in [0.2, 0.25) is 65.0 Å². The number of benzene rings is 4. The van der Waals surface area contributed by atoms with Crippen molar-refractivity contribution in [1.82, 2.24) is 63.1 Å². The Kier molecular flexibility index (Phi) is 32.7. The number of carboxylic acid groups (broad SMARTS) is 2. The van der Waals surface area contributed by atoms with Crippen molar-refractivity contribution in [2.24, 2.45) is 11.5 Å². The summed E-state index contributed by atoms with van der Waals surface area (Å²) in [6.45, 7) is 2.01. The number of H-pyrrole nitrogens is 1. The monoisotopic (exact) mass is 1500 g/mol. The van der Waals surface area contributed by atoms with Crippen molar-refractivity contribution in [2.45, 2.75) is 157 Å². The van der Waals surface area contributed by atoms with Gasteiger partial charge in [-0.2, -0.15) is 0 Å². The van der Waals surface area contributed by atoms with E-state index >= 15 is 4.39 Å². The van der Waals surface area contributed by atoms with Crippen LogP contribution in [0.4, 0.5) is 4.39 Å². The van der Waals surface area contributed by atoms with Crippen LogP contribution < -0.4 is 69.4 Å². The van der Waals surface area contributed by atoms with E-state index in [9.17, 15) is 82.8 Å². The van der Waals surface area contributed by atoms with Crippen molar-refractivity contribution in [3.8, 4) is 16.9 Å². The topological polar surface area (TPSA) is 513 Å². The van der Waals surface area contributed by atoms with Gasteiger partial charge in [0, 0.05) is 49.1 Å². The van der Waals surface area contributed by atoms with Gasteiger partial charge in [0.1, 0.15) is 65.4 Å². The number of aryl methyl sites for hydroxylation is 2. The van der Waals surface area contributed by atoms with Gasteiger partial charge in [-0.3, -0.25) is 62.3 Å². The molecule has 19 N–H and O–H groups in total. The molecule has 0 unspecified atom stereocenters. The maximum atomic E-state index is 15.6. The number of nitrogens with one attached hydrogen (secondary N) is 11. The first-order valence-corrected chi connectivity index (χ1v) is 36.0. The molecule has 6 rings (SSSR count). The molecular formula is C70H89FN14O18S2. The average Bonchev–Trinajstić information content (AvgIpc) is 1.10. The molecule has 0 aliphatic carbocycles. The zero-order chi connectivity index (χ0) is 76.9. The number of hydrogen-bond donors (Lipinski definition) is 17. The molecule has 0 spiro atoms. The number of aliphatic hydroxyl groups is 2. The number of primary amides is 1. The molecule has 4 aromatic carbocycles. The number of aromatic amines is 1. The molecule has 0 saturated carbocycles. The number of hydrogen-bond acceptors (Lipinski definition) is 20. The number of ether oxygens (including phenoxy) is 1. The first kappa shape index (κ1) is 83.5. The predicted molar refractivity (Wildman–Crippen MR) is 383 cm³/mol. The molecule has 5 aromatic rings. The van der Waals surface area contributed by atoms with Crippen LogP contribution in [-0.2, 0) is 94.4 Å². The van der Waals surface area contributed by atoms with Gasteiger partial charge in [-0.05, 0) is 104 Å². The fourth-order valence-corrected chi connectivity index (χ4v) is 13.3.